The maximum Gasteiger partial charge on any atom is 0.416 e. The molecule has 14 heteroatoms. The molecule has 11 nitrogen and oxygen atoms in total. The third kappa shape index (κ3) is 3.94. The van der Waals surface area contributed by atoms with Crippen molar-refractivity contribution in [1.82, 2.24) is 14.6 Å². The van der Waals surface area contributed by atoms with Gasteiger partial charge < -0.3 is 18.6 Å². The van der Waals surface area contributed by atoms with Crippen molar-refractivity contribution in [2.75, 3.05) is 25.0 Å². The highest BCUT2D eigenvalue weighted by Crippen LogP contribution is 2.48. The Labute approximate surface area is 197 Å². The summed E-state index contributed by atoms with van der Waals surface area (Å²) in [6, 6.07) is 6.93. The van der Waals surface area contributed by atoms with Crippen molar-refractivity contribution in [2.45, 2.75) is 12.1 Å². The lowest BCUT2D eigenvalue weighted by atomic mass is 9.84. The molecule has 3 aromatic rings. The Morgan fingerprint density at radius 2 is 2.00 bits per heavy atom. The lowest BCUT2D eigenvalue weighted by Gasteiger charge is -2.51. The van der Waals surface area contributed by atoms with Gasteiger partial charge in [-0.15, -0.1) is 0 Å². The minimum Gasteiger partial charge on any atom is -0.417 e. The first kappa shape index (κ1) is 23.0. The summed E-state index contributed by atoms with van der Waals surface area (Å²) in [6.07, 6.45) is 1.44. The van der Waals surface area contributed by atoms with Crippen LogP contribution >= 0.6 is 0 Å². The summed E-state index contributed by atoms with van der Waals surface area (Å²) in [5.41, 5.74) is -1.11. The van der Waals surface area contributed by atoms with Crippen LogP contribution in [-0.4, -0.2) is 44.7 Å². The molecule has 1 saturated heterocycles. The van der Waals surface area contributed by atoms with Crippen LogP contribution in [0, 0.1) is 11.6 Å². The third-order valence-corrected chi connectivity index (χ3v) is 6.72. The minimum atomic E-state index is -3.97. The number of benzene rings is 2. The predicted molar refractivity (Wildman–Crippen MR) is 115 cm³/mol. The van der Waals surface area contributed by atoms with Crippen LogP contribution in [0.5, 0.6) is 17.6 Å². The maximum atomic E-state index is 15.2. The summed E-state index contributed by atoms with van der Waals surface area (Å²) < 4.78 is 78.9. The molecule has 0 radical (unpaired) electrons. The number of rotatable bonds is 7. The van der Waals surface area contributed by atoms with Gasteiger partial charge in [-0.05, 0) is 18.2 Å². The smallest absolute Gasteiger partial charge is 0.416 e. The number of carbonyl (C=O) groups is 1. The molecule has 5 rings (SSSR count). The van der Waals surface area contributed by atoms with Crippen LogP contribution in [0.4, 0.5) is 19.3 Å². The van der Waals surface area contributed by atoms with Crippen molar-refractivity contribution in [3.63, 3.8) is 0 Å². The van der Waals surface area contributed by atoms with Gasteiger partial charge in [0.15, 0.2) is 17.3 Å². The SMILES string of the molecule is CNS(=O)(=O)Nc1cccc(CN2C(=O)Oc3c(ccc(Oc4ncco4)c3F)C23COC3)c1F. The van der Waals surface area contributed by atoms with Crippen LogP contribution in [0.15, 0.2) is 47.2 Å². The van der Waals surface area contributed by atoms with Crippen molar-refractivity contribution >= 4 is 22.0 Å². The standard InChI is InChI=1S/C21H18F2N4O7S/c1-24-35(29,30)26-14-4-2-3-12(16(14)22)9-27-20(28)34-18-13(21(27)10-31-11-21)5-6-15(17(18)23)33-19-25-7-8-32-19/h2-8,24,26H,9-11H2,1H3. The predicted octanol–water partition coefficient (Wildman–Crippen LogP) is 2.86. The molecule has 0 saturated carbocycles. The number of hydrogen-bond donors (Lipinski definition) is 2. The summed E-state index contributed by atoms with van der Waals surface area (Å²) in [7, 11) is -2.80. The molecule has 1 spiro atoms. The van der Waals surface area contributed by atoms with E-state index in [2.05, 4.69) is 9.71 Å². The summed E-state index contributed by atoms with van der Waals surface area (Å²) in [5.74, 6) is -2.41. The van der Waals surface area contributed by atoms with Gasteiger partial charge in [0.2, 0.25) is 5.82 Å². The molecule has 184 valence electrons. The first-order valence-electron chi connectivity index (χ1n) is 10.2. The van der Waals surface area contributed by atoms with E-state index in [9.17, 15) is 13.2 Å². The zero-order valence-electron chi connectivity index (χ0n) is 18.1. The van der Waals surface area contributed by atoms with E-state index in [0.717, 1.165) is 0 Å². The van der Waals surface area contributed by atoms with Crippen LogP contribution < -0.4 is 18.9 Å². The fourth-order valence-electron chi connectivity index (χ4n) is 3.87. The van der Waals surface area contributed by atoms with Crippen molar-refractivity contribution < 1.29 is 40.6 Å². The number of hydrogen-bond acceptors (Lipinski definition) is 8. The second-order valence-electron chi connectivity index (χ2n) is 7.72. The fourth-order valence-corrected chi connectivity index (χ4v) is 4.42. The molecule has 0 atom stereocenters. The largest absolute Gasteiger partial charge is 0.417 e. The molecule has 2 aliphatic rings. The van der Waals surface area contributed by atoms with Gasteiger partial charge in [-0.2, -0.15) is 17.8 Å². The second kappa shape index (κ2) is 8.48. The van der Waals surface area contributed by atoms with Gasteiger partial charge in [-0.1, -0.05) is 12.1 Å². The Hall–Kier alpha value is -3.75. The molecule has 0 aliphatic carbocycles. The molecule has 2 aromatic carbocycles. The fraction of sp³-hybridized carbons (Fsp3) is 0.238. The number of aromatic nitrogens is 1. The van der Waals surface area contributed by atoms with Crippen LogP contribution in [-0.2, 0) is 27.0 Å². The molecule has 3 heterocycles. The molecule has 0 bridgehead atoms. The maximum absolute atomic E-state index is 15.2. The van der Waals surface area contributed by atoms with Crippen molar-refractivity contribution in [2.24, 2.45) is 0 Å². The normalized spacial score (nSPS) is 16.4. The summed E-state index contributed by atoms with van der Waals surface area (Å²) in [6.45, 7) is -0.261. The van der Waals surface area contributed by atoms with E-state index >= 15 is 8.78 Å². The van der Waals surface area contributed by atoms with Crippen molar-refractivity contribution in [1.29, 1.82) is 0 Å². The zero-order chi connectivity index (χ0) is 24.8. The van der Waals surface area contributed by atoms with Gasteiger partial charge in [0.25, 0.3) is 10.2 Å². The zero-order valence-corrected chi connectivity index (χ0v) is 18.9. The van der Waals surface area contributed by atoms with Crippen LogP contribution in [0.25, 0.3) is 0 Å². The van der Waals surface area contributed by atoms with Crippen molar-refractivity contribution in [3.8, 4) is 17.6 Å². The average molecular weight is 508 g/mol. The van der Waals surface area contributed by atoms with Gasteiger partial charge in [0.05, 0.1) is 31.6 Å². The Morgan fingerprint density at radius 3 is 2.66 bits per heavy atom. The number of nitrogens with one attached hydrogen (secondary N) is 2. The number of oxazole rings is 1. The average Bonchev–Trinajstić information content (AvgIpc) is 3.31. The number of nitrogens with zero attached hydrogens (tertiary/aromatic N) is 2. The van der Waals surface area contributed by atoms with Crippen LogP contribution in [0.3, 0.4) is 0 Å². The van der Waals surface area contributed by atoms with Crippen LogP contribution in [0.1, 0.15) is 11.1 Å². The minimum absolute atomic E-state index is 0.0114. The first-order chi connectivity index (χ1) is 16.7. The van der Waals surface area contributed by atoms with E-state index in [1.54, 1.807) is 0 Å². The quantitative estimate of drug-likeness (QED) is 0.498. The summed E-state index contributed by atoms with van der Waals surface area (Å²) in [5, 5.41) is 0. The highest BCUT2D eigenvalue weighted by molar-refractivity contribution is 7.90. The topological polar surface area (TPSA) is 132 Å². The highest BCUT2D eigenvalue weighted by atomic mass is 32.2. The van der Waals surface area contributed by atoms with Crippen LogP contribution in [0.2, 0.25) is 0 Å². The number of amides is 1. The molecular formula is C21H18F2N4O7S. The number of halogens is 2. The first-order valence-corrected chi connectivity index (χ1v) is 11.7. The van der Waals surface area contributed by atoms with E-state index in [1.165, 1.54) is 54.7 Å². The Balaban J connectivity index is 1.48. The summed E-state index contributed by atoms with van der Waals surface area (Å²) >= 11 is 0. The Bertz CT molecular complexity index is 1390. The number of fused-ring (bicyclic) bond motifs is 2. The summed E-state index contributed by atoms with van der Waals surface area (Å²) in [4.78, 5) is 18.0. The monoisotopic (exact) mass is 508 g/mol. The molecule has 1 fully saturated rings. The molecule has 2 N–H and O–H groups in total. The Morgan fingerprint density at radius 1 is 1.20 bits per heavy atom. The number of ether oxygens (including phenoxy) is 3. The molecule has 1 aromatic heterocycles. The van der Waals surface area contributed by atoms with Gasteiger partial charge in [0.1, 0.15) is 11.8 Å². The second-order valence-corrected chi connectivity index (χ2v) is 9.34. The lowest BCUT2D eigenvalue weighted by Crippen LogP contribution is -2.63. The molecule has 35 heavy (non-hydrogen) atoms. The molecule has 1 amide bonds. The van der Waals surface area contributed by atoms with E-state index < -0.39 is 33.5 Å². The highest BCUT2D eigenvalue weighted by Gasteiger charge is 2.54. The molecule has 0 unspecified atom stereocenters. The van der Waals surface area contributed by atoms with Gasteiger partial charge in [0, 0.05) is 18.2 Å². The van der Waals surface area contributed by atoms with Gasteiger partial charge in [-0.3, -0.25) is 9.62 Å². The van der Waals surface area contributed by atoms with E-state index in [4.69, 9.17) is 18.6 Å². The van der Waals surface area contributed by atoms with E-state index in [1.807, 2.05) is 4.72 Å². The van der Waals surface area contributed by atoms with Crippen molar-refractivity contribution in [3.05, 3.63) is 65.6 Å². The number of carbonyl (C=O) groups excluding carboxylic acids is 1. The number of anilines is 1. The van der Waals surface area contributed by atoms with Gasteiger partial charge in [-0.25, -0.2) is 13.9 Å². The third-order valence-electron chi connectivity index (χ3n) is 5.70. The molecule has 2 aliphatic heterocycles. The van der Waals surface area contributed by atoms with Gasteiger partial charge >= 0.3 is 12.2 Å². The van der Waals surface area contributed by atoms with E-state index in [0.29, 0.717) is 5.56 Å². The Kier molecular flexibility index (Phi) is 5.57. The van der Waals surface area contributed by atoms with E-state index in [-0.39, 0.29) is 48.6 Å². The molecular weight excluding hydrogens is 490 g/mol. The lowest BCUT2D eigenvalue weighted by molar-refractivity contribution is -0.143.